The second-order valence-electron chi connectivity index (χ2n) is 6.40. The van der Waals surface area contributed by atoms with Crippen LogP contribution < -0.4 is 5.32 Å². The number of carbonyl (C=O) groups is 2. The zero-order valence-electron chi connectivity index (χ0n) is 13.2. The minimum atomic E-state index is -0.858. The van der Waals surface area contributed by atoms with Gasteiger partial charge in [0.25, 0.3) is 0 Å². The van der Waals surface area contributed by atoms with Crippen LogP contribution in [0.2, 0.25) is 0 Å². The highest BCUT2D eigenvalue weighted by Gasteiger charge is 2.42. The maximum absolute atomic E-state index is 12.2. The van der Waals surface area contributed by atoms with E-state index in [0.29, 0.717) is 19.5 Å². The number of hydrogen-bond donors (Lipinski definition) is 2. The van der Waals surface area contributed by atoms with Gasteiger partial charge in [-0.05, 0) is 31.9 Å². The summed E-state index contributed by atoms with van der Waals surface area (Å²) in [6.45, 7) is 4.69. The van der Waals surface area contributed by atoms with Crippen LogP contribution >= 0.6 is 0 Å². The fraction of sp³-hybridized carbons (Fsp3) is 0.438. The molecule has 1 unspecified atom stereocenters. The summed E-state index contributed by atoms with van der Waals surface area (Å²) in [5.74, 6) is -0.858. The molecule has 0 bridgehead atoms. The molecule has 0 saturated carbocycles. The molecule has 0 aromatic carbocycles. The first-order valence-electron chi connectivity index (χ1n) is 7.58. The third-order valence-electron chi connectivity index (χ3n) is 4.35. The maximum Gasteiger partial charge on any atom is 0.317 e. The van der Waals surface area contributed by atoms with E-state index in [9.17, 15) is 14.7 Å². The van der Waals surface area contributed by atoms with Gasteiger partial charge in [0.15, 0.2) is 0 Å². The van der Waals surface area contributed by atoms with Crippen LogP contribution in [0, 0.1) is 12.3 Å². The van der Waals surface area contributed by atoms with Crippen LogP contribution in [-0.4, -0.2) is 44.5 Å². The number of pyridine rings is 1. The van der Waals surface area contributed by atoms with Crippen molar-refractivity contribution in [3.63, 3.8) is 0 Å². The molecule has 1 atom stereocenters. The SMILES string of the molecule is Cc1ccc2nc(CNC(=O)N3CCC(C)(C(=O)O)C3)cn2c1. The Morgan fingerprint density at radius 1 is 1.39 bits per heavy atom. The van der Waals surface area contributed by atoms with E-state index in [1.54, 1.807) is 11.8 Å². The topological polar surface area (TPSA) is 86.9 Å². The fourth-order valence-corrected chi connectivity index (χ4v) is 2.83. The first kappa shape index (κ1) is 15.3. The van der Waals surface area contributed by atoms with Crippen LogP contribution in [-0.2, 0) is 11.3 Å². The minimum absolute atomic E-state index is 0.235. The standard InChI is InChI=1S/C16H20N4O3/c1-11-3-4-13-18-12(9-20(13)8-11)7-17-15(23)19-6-5-16(2,10-19)14(21)22/h3-4,8-9H,5-7,10H2,1-2H3,(H,17,23)(H,21,22). The molecule has 2 aromatic rings. The van der Waals surface area contributed by atoms with Crippen LogP contribution in [0.3, 0.4) is 0 Å². The van der Waals surface area contributed by atoms with Gasteiger partial charge in [-0.25, -0.2) is 9.78 Å². The number of amides is 2. The van der Waals surface area contributed by atoms with Crippen molar-refractivity contribution in [2.45, 2.75) is 26.8 Å². The van der Waals surface area contributed by atoms with Gasteiger partial charge in [-0.15, -0.1) is 0 Å². The molecule has 0 aliphatic carbocycles. The van der Waals surface area contributed by atoms with Crippen molar-refractivity contribution >= 4 is 17.6 Å². The van der Waals surface area contributed by atoms with Crippen molar-refractivity contribution in [3.05, 3.63) is 35.8 Å². The summed E-state index contributed by atoms with van der Waals surface area (Å²) >= 11 is 0. The molecule has 0 radical (unpaired) electrons. The molecule has 2 amide bonds. The van der Waals surface area contributed by atoms with Crippen molar-refractivity contribution in [1.29, 1.82) is 0 Å². The lowest BCUT2D eigenvalue weighted by molar-refractivity contribution is -0.147. The minimum Gasteiger partial charge on any atom is -0.481 e. The Morgan fingerprint density at radius 2 is 2.17 bits per heavy atom. The number of hydrogen-bond acceptors (Lipinski definition) is 3. The average molecular weight is 316 g/mol. The van der Waals surface area contributed by atoms with Gasteiger partial charge in [-0.2, -0.15) is 0 Å². The number of carboxylic acid groups (broad SMARTS) is 1. The Labute approximate surface area is 133 Å². The lowest BCUT2D eigenvalue weighted by atomic mass is 9.90. The summed E-state index contributed by atoms with van der Waals surface area (Å²) in [5.41, 5.74) is 1.89. The molecule has 1 aliphatic heterocycles. The van der Waals surface area contributed by atoms with E-state index in [4.69, 9.17) is 0 Å². The van der Waals surface area contributed by atoms with Gasteiger partial charge in [0, 0.05) is 25.5 Å². The highest BCUT2D eigenvalue weighted by atomic mass is 16.4. The smallest absolute Gasteiger partial charge is 0.317 e. The van der Waals surface area contributed by atoms with E-state index in [1.807, 2.05) is 35.9 Å². The van der Waals surface area contributed by atoms with Crippen LogP contribution in [0.1, 0.15) is 24.6 Å². The maximum atomic E-state index is 12.2. The quantitative estimate of drug-likeness (QED) is 0.901. The molecule has 1 fully saturated rings. The monoisotopic (exact) mass is 316 g/mol. The van der Waals surface area contributed by atoms with E-state index < -0.39 is 11.4 Å². The van der Waals surface area contributed by atoms with Crippen LogP contribution in [0.25, 0.3) is 5.65 Å². The number of rotatable bonds is 3. The van der Waals surface area contributed by atoms with E-state index in [0.717, 1.165) is 16.9 Å². The predicted octanol–water partition coefficient (Wildman–Crippen LogP) is 1.65. The molecule has 7 nitrogen and oxygen atoms in total. The van der Waals surface area contributed by atoms with Crippen LogP contribution in [0.15, 0.2) is 24.5 Å². The number of urea groups is 1. The second-order valence-corrected chi connectivity index (χ2v) is 6.40. The van der Waals surface area contributed by atoms with Crippen LogP contribution in [0.4, 0.5) is 4.79 Å². The van der Waals surface area contributed by atoms with E-state index in [2.05, 4.69) is 10.3 Å². The number of aryl methyl sites for hydroxylation is 1. The highest BCUT2D eigenvalue weighted by Crippen LogP contribution is 2.29. The summed E-state index contributed by atoms with van der Waals surface area (Å²) in [6.07, 6.45) is 4.34. The summed E-state index contributed by atoms with van der Waals surface area (Å²) in [5, 5.41) is 12.0. The number of likely N-dealkylation sites (tertiary alicyclic amines) is 1. The van der Waals surface area contributed by atoms with Gasteiger partial charge in [-0.3, -0.25) is 4.79 Å². The lowest BCUT2D eigenvalue weighted by Gasteiger charge is -2.20. The van der Waals surface area contributed by atoms with Gasteiger partial charge in [0.2, 0.25) is 0 Å². The van der Waals surface area contributed by atoms with Crippen molar-refractivity contribution in [2.24, 2.45) is 5.41 Å². The lowest BCUT2D eigenvalue weighted by Crippen LogP contribution is -2.40. The molecular formula is C16H20N4O3. The zero-order valence-corrected chi connectivity index (χ0v) is 13.2. The third-order valence-corrected chi connectivity index (χ3v) is 4.35. The molecule has 7 heteroatoms. The van der Waals surface area contributed by atoms with E-state index in [-0.39, 0.29) is 12.6 Å². The number of imidazole rings is 1. The largest absolute Gasteiger partial charge is 0.481 e. The number of nitrogens with zero attached hydrogens (tertiary/aromatic N) is 3. The number of nitrogens with one attached hydrogen (secondary N) is 1. The molecule has 2 N–H and O–H groups in total. The Hall–Kier alpha value is -2.57. The van der Waals surface area contributed by atoms with Gasteiger partial charge < -0.3 is 19.7 Å². The number of carbonyl (C=O) groups excluding carboxylic acids is 1. The zero-order chi connectivity index (χ0) is 16.6. The third kappa shape index (κ3) is 2.99. The molecule has 0 spiro atoms. The number of aliphatic carboxylic acids is 1. The summed E-state index contributed by atoms with van der Waals surface area (Å²) in [7, 11) is 0. The van der Waals surface area contributed by atoms with Crippen LogP contribution in [0.5, 0.6) is 0 Å². The molecule has 1 aliphatic rings. The van der Waals surface area contributed by atoms with Crippen molar-refractivity contribution in [2.75, 3.05) is 13.1 Å². The van der Waals surface area contributed by atoms with E-state index in [1.165, 1.54) is 0 Å². The molecule has 3 rings (SSSR count). The Bertz CT molecular complexity index is 770. The fourth-order valence-electron chi connectivity index (χ4n) is 2.83. The predicted molar refractivity (Wildman–Crippen MR) is 84.1 cm³/mol. The van der Waals surface area contributed by atoms with Gasteiger partial charge >= 0.3 is 12.0 Å². The summed E-state index contributed by atoms with van der Waals surface area (Å²) < 4.78 is 1.92. The molecule has 3 heterocycles. The summed E-state index contributed by atoms with van der Waals surface area (Å²) in [4.78, 5) is 29.4. The Kier molecular flexibility index (Phi) is 3.71. The van der Waals surface area contributed by atoms with Gasteiger partial charge in [0.05, 0.1) is 17.7 Å². The van der Waals surface area contributed by atoms with E-state index >= 15 is 0 Å². The number of carboxylic acids is 1. The second kappa shape index (κ2) is 5.57. The van der Waals surface area contributed by atoms with Gasteiger partial charge in [0.1, 0.15) is 5.65 Å². The normalized spacial score (nSPS) is 20.9. The first-order valence-corrected chi connectivity index (χ1v) is 7.58. The van der Waals surface area contributed by atoms with Crippen molar-refractivity contribution in [1.82, 2.24) is 19.6 Å². The molecule has 23 heavy (non-hydrogen) atoms. The highest BCUT2D eigenvalue weighted by molar-refractivity contribution is 5.79. The number of fused-ring (bicyclic) bond motifs is 1. The molecule has 2 aromatic heterocycles. The molecular weight excluding hydrogens is 296 g/mol. The van der Waals surface area contributed by atoms with Gasteiger partial charge in [-0.1, -0.05) is 6.07 Å². The summed E-state index contributed by atoms with van der Waals surface area (Å²) in [6, 6.07) is 3.67. The molecule has 1 saturated heterocycles. The Balaban J connectivity index is 1.61. The van der Waals surface area contributed by atoms with Crippen molar-refractivity contribution in [3.8, 4) is 0 Å². The molecule has 122 valence electrons. The Morgan fingerprint density at radius 3 is 2.87 bits per heavy atom. The van der Waals surface area contributed by atoms with Crippen molar-refractivity contribution < 1.29 is 14.7 Å². The number of aromatic nitrogens is 2. The average Bonchev–Trinajstić information content (AvgIpc) is 3.08. The first-order chi connectivity index (χ1) is 10.9.